The summed E-state index contributed by atoms with van der Waals surface area (Å²) in [4.78, 5) is 25.7. The van der Waals surface area contributed by atoms with Crippen molar-refractivity contribution >= 4 is 44.6 Å². The number of anilines is 1. The first-order chi connectivity index (χ1) is 10.9. The summed E-state index contributed by atoms with van der Waals surface area (Å²) in [5.41, 5.74) is 1.42. The predicted octanol–water partition coefficient (Wildman–Crippen LogP) is 3.97. The molecule has 0 fully saturated rings. The molecule has 118 valence electrons. The topological polar surface area (TPSA) is 51.1 Å². The SMILES string of the molecule is Cc1cc2c(=O)n(CC(=O)Nc3cc(Cl)ccc3C)ccc2s1. The molecule has 0 aliphatic heterocycles. The molecule has 6 heteroatoms. The van der Waals surface area contributed by atoms with Crippen molar-refractivity contribution in [2.45, 2.75) is 20.4 Å². The van der Waals surface area contributed by atoms with Gasteiger partial charge in [0.05, 0.1) is 5.39 Å². The van der Waals surface area contributed by atoms with Gasteiger partial charge in [-0.15, -0.1) is 11.3 Å². The van der Waals surface area contributed by atoms with E-state index in [2.05, 4.69) is 5.32 Å². The first-order valence-electron chi connectivity index (χ1n) is 7.09. The number of halogens is 1. The molecule has 3 rings (SSSR count). The Balaban J connectivity index is 1.84. The third-order valence-electron chi connectivity index (χ3n) is 3.57. The van der Waals surface area contributed by atoms with Crippen LogP contribution in [0.1, 0.15) is 10.4 Å². The zero-order valence-corrected chi connectivity index (χ0v) is 14.3. The minimum Gasteiger partial charge on any atom is -0.324 e. The smallest absolute Gasteiger partial charge is 0.259 e. The fourth-order valence-electron chi connectivity index (χ4n) is 2.40. The molecule has 4 nitrogen and oxygen atoms in total. The summed E-state index contributed by atoms with van der Waals surface area (Å²) < 4.78 is 2.36. The van der Waals surface area contributed by atoms with Crippen molar-refractivity contribution in [1.29, 1.82) is 0 Å². The second-order valence-corrected chi connectivity index (χ2v) is 7.12. The maximum Gasteiger partial charge on any atom is 0.259 e. The second kappa shape index (κ2) is 6.18. The Bertz CT molecular complexity index is 959. The van der Waals surface area contributed by atoms with Crippen LogP contribution < -0.4 is 10.9 Å². The minimum atomic E-state index is -0.260. The van der Waals surface area contributed by atoms with E-state index in [1.807, 2.05) is 32.0 Å². The highest BCUT2D eigenvalue weighted by atomic mass is 35.5. The monoisotopic (exact) mass is 346 g/mol. The first-order valence-corrected chi connectivity index (χ1v) is 8.29. The molecule has 2 aromatic heterocycles. The number of rotatable bonds is 3. The van der Waals surface area contributed by atoms with Gasteiger partial charge < -0.3 is 9.88 Å². The normalized spacial score (nSPS) is 10.9. The molecule has 0 unspecified atom stereocenters. The van der Waals surface area contributed by atoms with Gasteiger partial charge in [-0.25, -0.2) is 0 Å². The van der Waals surface area contributed by atoms with Crippen molar-refractivity contribution in [3.63, 3.8) is 0 Å². The molecule has 1 amide bonds. The highest BCUT2D eigenvalue weighted by Crippen LogP contribution is 2.22. The number of thiophene rings is 1. The highest BCUT2D eigenvalue weighted by molar-refractivity contribution is 7.18. The van der Waals surface area contributed by atoms with Crippen LogP contribution in [0.5, 0.6) is 0 Å². The Kier molecular flexibility index (Phi) is 4.24. The van der Waals surface area contributed by atoms with Gasteiger partial charge in [-0.05, 0) is 43.7 Å². The molecule has 2 heterocycles. The molecule has 1 aromatic carbocycles. The molecule has 23 heavy (non-hydrogen) atoms. The van der Waals surface area contributed by atoms with Gasteiger partial charge in [0.2, 0.25) is 5.91 Å². The summed E-state index contributed by atoms with van der Waals surface area (Å²) in [5.74, 6) is -0.260. The number of aryl methyl sites for hydroxylation is 2. The molecule has 0 aliphatic rings. The van der Waals surface area contributed by atoms with E-state index >= 15 is 0 Å². The van der Waals surface area contributed by atoms with Crippen LogP contribution in [0.15, 0.2) is 41.3 Å². The summed E-state index contributed by atoms with van der Waals surface area (Å²) in [7, 11) is 0. The number of pyridine rings is 1. The molecular weight excluding hydrogens is 332 g/mol. The molecule has 3 aromatic rings. The van der Waals surface area contributed by atoms with E-state index in [-0.39, 0.29) is 18.0 Å². The van der Waals surface area contributed by atoms with Gasteiger partial charge in [-0.2, -0.15) is 0 Å². The molecule has 0 radical (unpaired) electrons. The molecule has 0 aliphatic carbocycles. The van der Waals surface area contributed by atoms with Crippen LogP contribution in [0.4, 0.5) is 5.69 Å². The Morgan fingerprint density at radius 2 is 2.04 bits per heavy atom. The number of amides is 1. The van der Waals surface area contributed by atoms with E-state index in [1.165, 1.54) is 4.57 Å². The second-order valence-electron chi connectivity index (χ2n) is 5.39. The largest absolute Gasteiger partial charge is 0.324 e. The third-order valence-corrected chi connectivity index (χ3v) is 4.82. The lowest BCUT2D eigenvalue weighted by Gasteiger charge is -2.10. The summed E-state index contributed by atoms with van der Waals surface area (Å²) in [6.07, 6.45) is 1.66. The van der Waals surface area contributed by atoms with Gasteiger partial charge in [-0.3, -0.25) is 9.59 Å². The summed E-state index contributed by atoms with van der Waals surface area (Å²) in [6.45, 7) is 3.82. The van der Waals surface area contributed by atoms with Crippen LogP contribution in [0, 0.1) is 13.8 Å². The van der Waals surface area contributed by atoms with Gasteiger partial charge in [0.15, 0.2) is 0 Å². The van der Waals surface area contributed by atoms with Crippen LogP contribution in [0.2, 0.25) is 5.02 Å². The standard InChI is InChI=1S/C17H15ClN2O2S/c1-10-3-4-12(18)8-14(10)19-16(21)9-20-6-5-15-13(17(20)22)7-11(2)23-15/h3-8H,9H2,1-2H3,(H,19,21). The number of fused-ring (bicyclic) bond motifs is 1. The number of carbonyl (C=O) groups is 1. The Morgan fingerprint density at radius 3 is 2.83 bits per heavy atom. The summed E-state index contributed by atoms with van der Waals surface area (Å²) >= 11 is 7.52. The third kappa shape index (κ3) is 3.30. The van der Waals surface area contributed by atoms with E-state index < -0.39 is 0 Å². The fourth-order valence-corrected chi connectivity index (χ4v) is 3.48. The molecular formula is C17H15ClN2O2S. The zero-order chi connectivity index (χ0) is 16.6. The number of carbonyl (C=O) groups excluding carboxylic acids is 1. The van der Waals surface area contributed by atoms with Gasteiger partial charge in [0.25, 0.3) is 5.56 Å². The first kappa shape index (κ1) is 15.8. The molecule has 0 atom stereocenters. The van der Waals surface area contributed by atoms with Crippen LogP contribution in [-0.4, -0.2) is 10.5 Å². The fraction of sp³-hybridized carbons (Fsp3) is 0.176. The predicted molar refractivity (Wildman–Crippen MR) is 95.6 cm³/mol. The summed E-state index contributed by atoms with van der Waals surface area (Å²) in [5, 5.41) is 4.01. The van der Waals surface area contributed by atoms with E-state index in [9.17, 15) is 9.59 Å². The molecule has 0 saturated heterocycles. The Hall–Kier alpha value is -2.11. The number of benzene rings is 1. The molecule has 0 spiro atoms. The Labute approximate surface area is 142 Å². The number of aromatic nitrogens is 1. The lowest BCUT2D eigenvalue weighted by atomic mass is 10.2. The van der Waals surface area contributed by atoms with Crippen molar-refractivity contribution in [3.05, 3.63) is 62.3 Å². The van der Waals surface area contributed by atoms with Crippen molar-refractivity contribution in [2.75, 3.05) is 5.32 Å². The Morgan fingerprint density at radius 1 is 1.26 bits per heavy atom. The van der Waals surface area contributed by atoms with Crippen LogP contribution >= 0.6 is 22.9 Å². The highest BCUT2D eigenvalue weighted by Gasteiger charge is 2.10. The average Bonchev–Trinajstić information content (AvgIpc) is 2.87. The number of nitrogens with zero attached hydrogens (tertiary/aromatic N) is 1. The van der Waals surface area contributed by atoms with Gasteiger partial charge in [-0.1, -0.05) is 17.7 Å². The number of nitrogens with one attached hydrogen (secondary N) is 1. The molecule has 0 saturated carbocycles. The van der Waals surface area contributed by atoms with Gasteiger partial charge >= 0.3 is 0 Å². The quantitative estimate of drug-likeness (QED) is 0.780. The maximum atomic E-state index is 12.4. The number of hydrogen-bond donors (Lipinski definition) is 1. The van der Waals surface area contributed by atoms with Crippen molar-refractivity contribution in [1.82, 2.24) is 4.57 Å². The van der Waals surface area contributed by atoms with Crippen molar-refractivity contribution in [2.24, 2.45) is 0 Å². The van der Waals surface area contributed by atoms with Crippen LogP contribution in [0.3, 0.4) is 0 Å². The average molecular weight is 347 g/mol. The summed E-state index contributed by atoms with van der Waals surface area (Å²) in [6, 6.07) is 9.03. The van der Waals surface area contributed by atoms with E-state index in [4.69, 9.17) is 11.6 Å². The van der Waals surface area contributed by atoms with Crippen LogP contribution in [-0.2, 0) is 11.3 Å². The van der Waals surface area contributed by atoms with Gasteiger partial charge in [0, 0.05) is 26.5 Å². The van der Waals surface area contributed by atoms with E-state index in [0.717, 1.165) is 15.1 Å². The van der Waals surface area contributed by atoms with E-state index in [0.29, 0.717) is 16.1 Å². The van der Waals surface area contributed by atoms with Crippen LogP contribution in [0.25, 0.3) is 10.1 Å². The zero-order valence-electron chi connectivity index (χ0n) is 12.7. The molecule has 0 bridgehead atoms. The molecule has 1 N–H and O–H groups in total. The lowest BCUT2D eigenvalue weighted by molar-refractivity contribution is -0.116. The number of hydrogen-bond acceptors (Lipinski definition) is 3. The minimum absolute atomic E-state index is 0.0321. The van der Waals surface area contributed by atoms with E-state index in [1.54, 1.807) is 29.7 Å². The maximum absolute atomic E-state index is 12.4. The van der Waals surface area contributed by atoms with Crippen molar-refractivity contribution in [3.8, 4) is 0 Å². The van der Waals surface area contributed by atoms with Crippen molar-refractivity contribution < 1.29 is 4.79 Å². The lowest BCUT2D eigenvalue weighted by Crippen LogP contribution is -2.27. The van der Waals surface area contributed by atoms with Gasteiger partial charge in [0.1, 0.15) is 6.54 Å².